The number of ether oxygens (including phenoxy) is 1. The lowest BCUT2D eigenvalue weighted by Gasteiger charge is -2.47. The van der Waals surface area contributed by atoms with Gasteiger partial charge in [0.1, 0.15) is 23.8 Å². The molecule has 2 atom stereocenters. The molecule has 1 N–H and O–H groups in total. The molecule has 0 spiro atoms. The number of nitrogens with zero attached hydrogens (tertiary/aromatic N) is 1. The van der Waals surface area contributed by atoms with Crippen molar-refractivity contribution in [1.29, 1.82) is 0 Å². The van der Waals surface area contributed by atoms with Gasteiger partial charge >= 0.3 is 5.63 Å². The maximum Gasteiger partial charge on any atom is 0.339 e. The Morgan fingerprint density at radius 1 is 1.19 bits per heavy atom. The average molecular weight is 508 g/mol. The van der Waals surface area contributed by atoms with Crippen molar-refractivity contribution < 1.29 is 23.4 Å². The Labute approximate surface area is 216 Å². The van der Waals surface area contributed by atoms with Crippen molar-refractivity contribution in [2.75, 3.05) is 13.1 Å². The fourth-order valence-electron chi connectivity index (χ4n) is 5.99. The van der Waals surface area contributed by atoms with Crippen molar-refractivity contribution in [3.8, 4) is 5.75 Å². The highest BCUT2D eigenvalue weighted by molar-refractivity contribution is 5.86. The van der Waals surface area contributed by atoms with Gasteiger partial charge < -0.3 is 19.2 Å². The van der Waals surface area contributed by atoms with Gasteiger partial charge in [0.15, 0.2) is 0 Å². The summed E-state index contributed by atoms with van der Waals surface area (Å²) in [6, 6.07) is 9.93. The van der Waals surface area contributed by atoms with Gasteiger partial charge in [-0.1, -0.05) is 25.0 Å². The smallest absolute Gasteiger partial charge is 0.339 e. The normalized spacial score (nSPS) is 21.6. The van der Waals surface area contributed by atoms with E-state index in [1.54, 1.807) is 12.1 Å². The van der Waals surface area contributed by atoms with Crippen molar-refractivity contribution >= 4 is 16.9 Å². The van der Waals surface area contributed by atoms with Crippen molar-refractivity contribution in [1.82, 2.24) is 4.90 Å². The molecular formula is C30H34FNO5. The highest BCUT2D eigenvalue weighted by Crippen LogP contribution is 2.40. The lowest BCUT2D eigenvalue weighted by atomic mass is 9.71. The number of hydrogen-bond donors (Lipinski definition) is 1. The van der Waals surface area contributed by atoms with Gasteiger partial charge in [0.2, 0.25) is 5.91 Å². The van der Waals surface area contributed by atoms with Crippen LogP contribution in [-0.2, 0) is 17.8 Å². The van der Waals surface area contributed by atoms with Crippen molar-refractivity contribution in [2.24, 2.45) is 5.92 Å². The molecule has 2 aliphatic rings. The van der Waals surface area contributed by atoms with Gasteiger partial charge in [-0.05, 0) is 74.9 Å². The summed E-state index contributed by atoms with van der Waals surface area (Å²) in [6.07, 6.45) is 5.11. The Kier molecular flexibility index (Phi) is 7.08. The van der Waals surface area contributed by atoms with Crippen LogP contribution in [0.25, 0.3) is 11.0 Å². The number of aryl methyl sites for hydroxylation is 2. The van der Waals surface area contributed by atoms with Crippen LogP contribution in [0, 0.1) is 25.6 Å². The van der Waals surface area contributed by atoms with E-state index < -0.39 is 11.2 Å². The number of hydrogen-bond acceptors (Lipinski definition) is 5. The van der Waals surface area contributed by atoms with Gasteiger partial charge in [0, 0.05) is 41.9 Å². The van der Waals surface area contributed by atoms with Crippen molar-refractivity contribution in [3.63, 3.8) is 0 Å². The molecule has 7 heteroatoms. The molecule has 1 saturated heterocycles. The van der Waals surface area contributed by atoms with Crippen molar-refractivity contribution in [2.45, 2.75) is 71.0 Å². The number of rotatable bonds is 6. The highest BCUT2D eigenvalue weighted by atomic mass is 19.1. The summed E-state index contributed by atoms with van der Waals surface area (Å²) in [4.78, 5) is 27.8. The SMILES string of the molecule is Cc1c(CCC(=O)N2CC[C@]3(O)CCCC[C@H]3C2)c(=O)oc2c(C)c(OCc3cccc(F)c3)ccc12. The van der Waals surface area contributed by atoms with E-state index in [2.05, 4.69) is 0 Å². The molecule has 1 aliphatic carbocycles. The summed E-state index contributed by atoms with van der Waals surface area (Å²) < 4.78 is 25.1. The van der Waals surface area contributed by atoms with Crippen molar-refractivity contribution in [3.05, 3.63) is 74.9 Å². The predicted molar refractivity (Wildman–Crippen MR) is 139 cm³/mol. The molecule has 1 aromatic heterocycles. The summed E-state index contributed by atoms with van der Waals surface area (Å²) in [7, 11) is 0. The minimum absolute atomic E-state index is 0.0174. The van der Waals surface area contributed by atoms with Gasteiger partial charge in [-0.15, -0.1) is 0 Å². The van der Waals surface area contributed by atoms with Gasteiger partial charge in [-0.2, -0.15) is 0 Å². The molecular weight excluding hydrogens is 473 g/mol. The van der Waals surface area contributed by atoms with E-state index >= 15 is 0 Å². The van der Waals surface area contributed by atoms with Crippen LogP contribution in [0.4, 0.5) is 4.39 Å². The minimum Gasteiger partial charge on any atom is -0.488 e. The predicted octanol–water partition coefficient (Wildman–Crippen LogP) is 5.21. The standard InChI is InChI=1S/C30H34FNO5/c1-19-24-9-11-26(36-18-21-6-5-8-23(31)16-21)20(2)28(24)37-29(34)25(19)10-12-27(33)32-15-14-30(35)13-4-3-7-22(30)17-32/h5-6,8-9,11,16,22,35H,3-4,7,10,12-15,17-18H2,1-2H3/t22-,30+/m0/s1. The Balaban J connectivity index is 1.29. The number of benzene rings is 2. The van der Waals surface area contributed by atoms with Gasteiger partial charge in [0.25, 0.3) is 0 Å². The van der Waals surface area contributed by atoms with Crippen LogP contribution in [0.3, 0.4) is 0 Å². The molecule has 196 valence electrons. The third-order valence-corrected chi connectivity index (χ3v) is 8.31. The van der Waals surface area contributed by atoms with Gasteiger partial charge in [-0.25, -0.2) is 9.18 Å². The number of carbonyl (C=O) groups is 1. The fraction of sp³-hybridized carbons (Fsp3) is 0.467. The van der Waals surface area contributed by atoms with Crippen LogP contribution in [0.15, 0.2) is 45.6 Å². The quantitative estimate of drug-likeness (QED) is 0.463. The van der Waals surface area contributed by atoms with Crippen LogP contribution in [-0.4, -0.2) is 34.6 Å². The second-order valence-electron chi connectivity index (χ2n) is 10.6. The van der Waals surface area contributed by atoms with E-state index in [-0.39, 0.29) is 30.7 Å². The zero-order chi connectivity index (χ0) is 26.2. The zero-order valence-corrected chi connectivity index (χ0v) is 21.5. The maximum absolute atomic E-state index is 13.5. The molecule has 2 aromatic carbocycles. The average Bonchev–Trinajstić information content (AvgIpc) is 2.88. The molecule has 3 aromatic rings. The number of carbonyl (C=O) groups excluding carboxylic acids is 1. The molecule has 0 radical (unpaired) electrons. The number of halogens is 1. The largest absolute Gasteiger partial charge is 0.488 e. The van der Waals surface area contributed by atoms with E-state index in [1.807, 2.05) is 30.9 Å². The number of likely N-dealkylation sites (tertiary alicyclic amines) is 1. The highest BCUT2D eigenvalue weighted by Gasteiger charge is 2.43. The Bertz CT molecular complexity index is 1380. The second-order valence-corrected chi connectivity index (χ2v) is 10.6. The lowest BCUT2D eigenvalue weighted by molar-refractivity contribution is -0.143. The first kappa shape index (κ1) is 25.5. The summed E-state index contributed by atoms with van der Waals surface area (Å²) in [5.74, 6) is 0.408. The molecule has 5 rings (SSSR count). The number of aliphatic hydroxyl groups is 1. The molecule has 1 aliphatic heterocycles. The first-order valence-corrected chi connectivity index (χ1v) is 13.2. The fourth-order valence-corrected chi connectivity index (χ4v) is 5.99. The van der Waals surface area contributed by atoms with Crippen LogP contribution in [0.2, 0.25) is 0 Å². The van der Waals surface area contributed by atoms with Crippen LogP contribution in [0.5, 0.6) is 5.75 Å². The maximum atomic E-state index is 13.5. The third-order valence-electron chi connectivity index (χ3n) is 8.31. The minimum atomic E-state index is -0.622. The number of amides is 1. The number of piperidine rings is 1. The Hall–Kier alpha value is -3.19. The number of fused-ring (bicyclic) bond motifs is 2. The molecule has 6 nitrogen and oxygen atoms in total. The van der Waals surface area contributed by atoms with E-state index in [0.717, 1.165) is 36.6 Å². The van der Waals surface area contributed by atoms with Crippen LogP contribution < -0.4 is 10.4 Å². The van der Waals surface area contributed by atoms with E-state index in [0.29, 0.717) is 54.0 Å². The first-order chi connectivity index (χ1) is 17.7. The topological polar surface area (TPSA) is 80.0 Å². The molecule has 1 amide bonds. The summed E-state index contributed by atoms with van der Waals surface area (Å²) in [6.45, 7) is 5.07. The molecule has 37 heavy (non-hydrogen) atoms. The molecule has 1 saturated carbocycles. The molecule has 2 fully saturated rings. The van der Waals surface area contributed by atoms with E-state index in [9.17, 15) is 19.1 Å². The summed E-state index contributed by atoms with van der Waals surface area (Å²) in [5.41, 5.74) is 2.12. The molecule has 2 heterocycles. The van der Waals surface area contributed by atoms with Gasteiger partial charge in [-0.3, -0.25) is 4.79 Å². The van der Waals surface area contributed by atoms with E-state index in [4.69, 9.17) is 9.15 Å². The third kappa shape index (κ3) is 5.14. The Morgan fingerprint density at radius 3 is 2.84 bits per heavy atom. The lowest BCUT2D eigenvalue weighted by Crippen LogP contribution is -2.54. The first-order valence-electron chi connectivity index (χ1n) is 13.2. The summed E-state index contributed by atoms with van der Waals surface area (Å²) >= 11 is 0. The Morgan fingerprint density at radius 2 is 2.03 bits per heavy atom. The second kappa shape index (κ2) is 10.3. The van der Waals surface area contributed by atoms with Crippen LogP contribution >= 0.6 is 0 Å². The van der Waals surface area contributed by atoms with E-state index in [1.165, 1.54) is 12.1 Å². The molecule has 0 bridgehead atoms. The zero-order valence-electron chi connectivity index (χ0n) is 21.5. The monoisotopic (exact) mass is 507 g/mol. The molecule has 0 unspecified atom stereocenters. The summed E-state index contributed by atoms with van der Waals surface area (Å²) in [5, 5.41) is 11.7. The van der Waals surface area contributed by atoms with Gasteiger partial charge in [0.05, 0.1) is 5.60 Å². The van der Waals surface area contributed by atoms with Crippen LogP contribution in [0.1, 0.15) is 60.8 Å².